The first-order chi connectivity index (χ1) is 8.19. The molecule has 2 saturated heterocycles. The highest BCUT2D eigenvalue weighted by Gasteiger charge is 2.47. The summed E-state index contributed by atoms with van der Waals surface area (Å²) < 4.78 is 10.3. The van der Waals surface area contributed by atoms with Crippen molar-refractivity contribution in [3.63, 3.8) is 0 Å². The molecule has 0 aromatic heterocycles. The average molecular weight is 238 g/mol. The molecule has 0 saturated carbocycles. The molecule has 3 aliphatic rings. The molecule has 6 nitrogen and oxygen atoms in total. The Balaban J connectivity index is 1.77. The molecule has 0 aliphatic carbocycles. The zero-order valence-corrected chi connectivity index (χ0v) is 9.40. The van der Waals surface area contributed by atoms with E-state index in [9.17, 15) is 9.59 Å². The van der Waals surface area contributed by atoms with Gasteiger partial charge in [0.15, 0.2) is 0 Å². The van der Waals surface area contributed by atoms with E-state index in [4.69, 9.17) is 9.47 Å². The average Bonchev–Trinajstić information content (AvgIpc) is 2.85. The lowest BCUT2D eigenvalue weighted by Gasteiger charge is -2.31. The summed E-state index contributed by atoms with van der Waals surface area (Å²) in [5.74, 6) is -0.390. The minimum absolute atomic E-state index is 0.169. The van der Waals surface area contributed by atoms with Crippen LogP contribution in [0, 0.1) is 0 Å². The van der Waals surface area contributed by atoms with Crippen LogP contribution < -0.4 is 5.32 Å². The van der Waals surface area contributed by atoms with Crippen LogP contribution in [0.2, 0.25) is 0 Å². The van der Waals surface area contributed by atoms with Crippen molar-refractivity contribution < 1.29 is 19.1 Å². The molecule has 0 radical (unpaired) electrons. The van der Waals surface area contributed by atoms with Gasteiger partial charge in [0.05, 0.1) is 12.2 Å². The maximum absolute atomic E-state index is 11.8. The van der Waals surface area contributed by atoms with Crippen molar-refractivity contribution in [2.24, 2.45) is 0 Å². The van der Waals surface area contributed by atoms with Crippen LogP contribution in [0.5, 0.6) is 0 Å². The van der Waals surface area contributed by atoms with E-state index < -0.39 is 0 Å². The zero-order chi connectivity index (χ0) is 11.9. The van der Waals surface area contributed by atoms with Crippen molar-refractivity contribution >= 4 is 12.1 Å². The fourth-order valence-corrected chi connectivity index (χ4v) is 2.51. The number of amides is 1. The fourth-order valence-electron chi connectivity index (χ4n) is 2.51. The van der Waals surface area contributed by atoms with E-state index in [1.807, 2.05) is 0 Å². The Hall–Kier alpha value is -1.56. The number of hydrogen-bond acceptors (Lipinski definition) is 5. The molecular weight excluding hydrogens is 224 g/mol. The number of cyclic esters (lactones) is 1. The van der Waals surface area contributed by atoms with Gasteiger partial charge in [-0.15, -0.1) is 0 Å². The molecule has 2 fully saturated rings. The lowest BCUT2D eigenvalue weighted by molar-refractivity contribution is -0.135. The number of piperidine rings is 1. The smallest absolute Gasteiger partial charge is 0.414 e. The maximum atomic E-state index is 11.8. The van der Waals surface area contributed by atoms with E-state index in [2.05, 4.69) is 5.32 Å². The summed E-state index contributed by atoms with van der Waals surface area (Å²) >= 11 is 0. The Labute approximate surface area is 98.5 Å². The summed E-state index contributed by atoms with van der Waals surface area (Å²) in [6.07, 6.45) is 2.63. The Morgan fingerprint density at radius 1 is 1.29 bits per heavy atom. The first kappa shape index (κ1) is 10.6. The van der Waals surface area contributed by atoms with Gasteiger partial charge in [0.1, 0.15) is 12.2 Å². The van der Waals surface area contributed by atoms with Gasteiger partial charge in [0.2, 0.25) is 0 Å². The highest BCUT2D eigenvalue weighted by molar-refractivity contribution is 5.87. The second-order valence-corrected chi connectivity index (χ2v) is 4.63. The van der Waals surface area contributed by atoms with E-state index in [-0.39, 0.29) is 24.3 Å². The lowest BCUT2D eigenvalue weighted by Crippen LogP contribution is -2.44. The van der Waals surface area contributed by atoms with Crippen molar-refractivity contribution in [1.29, 1.82) is 0 Å². The summed E-state index contributed by atoms with van der Waals surface area (Å²) in [5, 5.41) is 3.24. The second kappa shape index (κ2) is 3.73. The minimum atomic E-state index is -0.390. The van der Waals surface area contributed by atoms with E-state index in [1.165, 1.54) is 11.0 Å². The molecule has 0 bridgehead atoms. The predicted octanol–water partition coefficient (Wildman–Crippen LogP) is 0.00150. The highest BCUT2D eigenvalue weighted by atomic mass is 16.6. The minimum Gasteiger partial charge on any atom is -0.456 e. The van der Waals surface area contributed by atoms with Crippen LogP contribution in [0.15, 0.2) is 11.8 Å². The molecule has 1 amide bonds. The van der Waals surface area contributed by atoms with Crippen LogP contribution in [0.4, 0.5) is 4.79 Å². The summed E-state index contributed by atoms with van der Waals surface area (Å²) in [6, 6.07) is 0. The number of nitrogens with one attached hydrogen (secondary N) is 1. The number of carbonyl (C=O) groups excluding carboxylic acids is 2. The van der Waals surface area contributed by atoms with E-state index in [1.54, 1.807) is 0 Å². The van der Waals surface area contributed by atoms with Crippen molar-refractivity contribution in [2.45, 2.75) is 18.4 Å². The van der Waals surface area contributed by atoms with Gasteiger partial charge in [-0.05, 0) is 13.1 Å². The zero-order valence-electron chi connectivity index (χ0n) is 9.40. The van der Waals surface area contributed by atoms with Crippen molar-refractivity contribution in [2.75, 3.05) is 26.2 Å². The van der Waals surface area contributed by atoms with Crippen LogP contribution in [0.25, 0.3) is 0 Å². The Bertz CT molecular complexity index is 398. The third-order valence-corrected chi connectivity index (χ3v) is 3.48. The summed E-state index contributed by atoms with van der Waals surface area (Å²) in [4.78, 5) is 24.3. The molecule has 0 unspecified atom stereocenters. The molecule has 0 aromatic carbocycles. The molecule has 17 heavy (non-hydrogen) atoms. The number of hydrogen-bond donors (Lipinski definition) is 1. The molecule has 92 valence electrons. The molecule has 3 rings (SSSR count). The Morgan fingerprint density at radius 2 is 2.06 bits per heavy atom. The first-order valence-corrected chi connectivity index (χ1v) is 5.77. The normalized spacial score (nSPS) is 27.1. The van der Waals surface area contributed by atoms with Gasteiger partial charge in [-0.1, -0.05) is 0 Å². The standard InChI is InChI=1S/C11H14N2O4/c14-9-5-8(6-16-9)13-7-11(17-10(13)15)1-3-12-4-2-11/h5,12H,1-4,6-7H2. The van der Waals surface area contributed by atoms with Crippen molar-refractivity contribution in [3.8, 4) is 0 Å². The van der Waals surface area contributed by atoms with Gasteiger partial charge in [0, 0.05) is 18.9 Å². The quantitative estimate of drug-likeness (QED) is 0.651. The van der Waals surface area contributed by atoms with Crippen molar-refractivity contribution in [1.82, 2.24) is 10.2 Å². The SMILES string of the molecule is O=C1C=C(N2CC3(CCNCC3)OC2=O)CO1. The van der Waals surface area contributed by atoms with Crippen LogP contribution in [0.1, 0.15) is 12.8 Å². The molecule has 3 heterocycles. The third-order valence-electron chi connectivity index (χ3n) is 3.48. The molecule has 1 N–H and O–H groups in total. The molecule has 0 atom stereocenters. The van der Waals surface area contributed by atoms with Gasteiger partial charge in [0.25, 0.3) is 0 Å². The molecule has 6 heteroatoms. The van der Waals surface area contributed by atoms with Gasteiger partial charge >= 0.3 is 12.1 Å². The Kier molecular flexibility index (Phi) is 2.32. The predicted molar refractivity (Wildman–Crippen MR) is 57.1 cm³/mol. The number of nitrogens with zero attached hydrogens (tertiary/aromatic N) is 1. The fraction of sp³-hybridized carbons (Fsp3) is 0.636. The van der Waals surface area contributed by atoms with Gasteiger partial charge < -0.3 is 14.8 Å². The van der Waals surface area contributed by atoms with E-state index in [0.717, 1.165) is 25.9 Å². The van der Waals surface area contributed by atoms with Crippen molar-refractivity contribution in [3.05, 3.63) is 11.8 Å². The maximum Gasteiger partial charge on any atom is 0.414 e. The summed E-state index contributed by atoms with van der Waals surface area (Å²) in [5.41, 5.74) is 0.227. The lowest BCUT2D eigenvalue weighted by atomic mass is 9.92. The summed E-state index contributed by atoms with van der Waals surface area (Å²) in [7, 11) is 0. The van der Waals surface area contributed by atoms with E-state index in [0.29, 0.717) is 12.2 Å². The van der Waals surface area contributed by atoms with Gasteiger partial charge in [-0.2, -0.15) is 0 Å². The molecular formula is C11H14N2O4. The second-order valence-electron chi connectivity index (χ2n) is 4.63. The van der Waals surface area contributed by atoms with Crippen LogP contribution >= 0.6 is 0 Å². The van der Waals surface area contributed by atoms with Crippen LogP contribution in [-0.2, 0) is 14.3 Å². The highest BCUT2D eigenvalue weighted by Crippen LogP contribution is 2.33. The Morgan fingerprint density at radius 3 is 2.71 bits per heavy atom. The van der Waals surface area contributed by atoms with Gasteiger partial charge in [-0.25, -0.2) is 9.59 Å². The van der Waals surface area contributed by atoms with Gasteiger partial charge in [-0.3, -0.25) is 4.90 Å². The van der Waals surface area contributed by atoms with Crippen LogP contribution in [-0.4, -0.2) is 48.8 Å². The largest absolute Gasteiger partial charge is 0.456 e. The molecule has 0 aromatic rings. The number of carbonyl (C=O) groups is 2. The van der Waals surface area contributed by atoms with E-state index >= 15 is 0 Å². The first-order valence-electron chi connectivity index (χ1n) is 5.77. The third kappa shape index (κ3) is 1.78. The number of ether oxygens (including phenoxy) is 2. The topological polar surface area (TPSA) is 67.9 Å². The summed E-state index contributed by atoms with van der Waals surface area (Å²) in [6.45, 7) is 2.41. The number of esters is 1. The molecule has 1 spiro atoms. The molecule has 3 aliphatic heterocycles. The number of rotatable bonds is 1. The van der Waals surface area contributed by atoms with Crippen LogP contribution in [0.3, 0.4) is 0 Å². The monoisotopic (exact) mass is 238 g/mol.